The van der Waals surface area contributed by atoms with Crippen LogP contribution in [0.5, 0.6) is 0 Å². The number of ether oxygens (including phenoxy) is 1. The van der Waals surface area contributed by atoms with E-state index in [0.717, 1.165) is 10.3 Å². The molecule has 6 nitrogen and oxygen atoms in total. The quantitative estimate of drug-likeness (QED) is 0.515. The molecule has 1 N–H and O–H groups in total. The number of hydrogen-bond donors (Lipinski definition) is 1. The van der Waals surface area contributed by atoms with Crippen molar-refractivity contribution in [2.75, 3.05) is 4.90 Å². The van der Waals surface area contributed by atoms with E-state index in [1.807, 2.05) is 12.1 Å². The Balaban J connectivity index is 1.76. The number of aliphatic hydroxyl groups is 1. The lowest BCUT2D eigenvalue weighted by atomic mass is 9.93. The van der Waals surface area contributed by atoms with E-state index in [0.29, 0.717) is 16.5 Å². The van der Waals surface area contributed by atoms with Crippen LogP contribution in [0, 0.1) is 0 Å². The molecule has 3 aromatic rings. The van der Waals surface area contributed by atoms with E-state index in [1.54, 1.807) is 56.3 Å². The maximum absolute atomic E-state index is 13.3. The molecule has 0 spiro atoms. The Morgan fingerprint density at radius 2 is 1.53 bits per heavy atom. The second-order valence-corrected chi connectivity index (χ2v) is 7.47. The first kappa shape index (κ1) is 19.8. The van der Waals surface area contributed by atoms with Gasteiger partial charge >= 0.3 is 5.97 Å². The van der Waals surface area contributed by atoms with Crippen molar-refractivity contribution in [3.05, 3.63) is 77.4 Å². The maximum atomic E-state index is 13.3. The lowest BCUT2D eigenvalue weighted by Crippen LogP contribution is -2.41. The number of anilines is 1. The van der Waals surface area contributed by atoms with Crippen LogP contribution in [0.2, 0.25) is 0 Å². The van der Waals surface area contributed by atoms with Gasteiger partial charge in [0.25, 0.3) is 11.8 Å². The van der Waals surface area contributed by atoms with Crippen LogP contribution in [0.1, 0.15) is 51.3 Å². The van der Waals surface area contributed by atoms with Crippen molar-refractivity contribution in [2.45, 2.75) is 32.5 Å². The smallest absolute Gasteiger partial charge is 0.340 e. The molecule has 0 fully saturated rings. The number of para-hydroxylation sites is 1. The standard InChI is InChI=1S/C24H21NO5/c1-14(26)13-15(2)30-24(29)17-9-3-4-12-20(17)25-22(27)18-10-5-7-16-8-6-11-19(21(16)18)23(25)28/h3-12,14-15,26H,13H2,1-2H3/t14-,15-/m0/s1. The first-order valence-corrected chi connectivity index (χ1v) is 9.77. The van der Waals surface area contributed by atoms with Crippen LogP contribution in [0.25, 0.3) is 10.8 Å². The van der Waals surface area contributed by atoms with Crippen LogP contribution in [-0.4, -0.2) is 35.1 Å². The Kier molecular flexibility index (Phi) is 5.10. The number of imide groups is 1. The fourth-order valence-corrected chi connectivity index (χ4v) is 3.87. The lowest BCUT2D eigenvalue weighted by Gasteiger charge is -2.28. The van der Waals surface area contributed by atoms with E-state index in [-0.39, 0.29) is 17.7 Å². The number of esters is 1. The molecule has 0 aromatic heterocycles. The summed E-state index contributed by atoms with van der Waals surface area (Å²) in [7, 11) is 0. The molecule has 0 radical (unpaired) electrons. The topological polar surface area (TPSA) is 83.9 Å². The molecule has 1 aliphatic heterocycles. The van der Waals surface area contributed by atoms with E-state index in [1.165, 1.54) is 6.07 Å². The van der Waals surface area contributed by atoms with Crippen molar-refractivity contribution in [1.82, 2.24) is 0 Å². The molecule has 2 atom stereocenters. The minimum absolute atomic E-state index is 0.114. The largest absolute Gasteiger partial charge is 0.459 e. The Bertz CT molecular complexity index is 1120. The van der Waals surface area contributed by atoms with Gasteiger partial charge in [0.2, 0.25) is 0 Å². The number of aliphatic hydroxyl groups excluding tert-OH is 1. The highest BCUT2D eigenvalue weighted by atomic mass is 16.5. The highest BCUT2D eigenvalue weighted by molar-refractivity contribution is 6.36. The van der Waals surface area contributed by atoms with Crippen LogP contribution in [0.3, 0.4) is 0 Å². The number of amides is 2. The van der Waals surface area contributed by atoms with E-state index < -0.39 is 30.0 Å². The van der Waals surface area contributed by atoms with E-state index in [9.17, 15) is 19.5 Å². The summed E-state index contributed by atoms with van der Waals surface area (Å²) in [5.41, 5.74) is 1.11. The van der Waals surface area contributed by atoms with Crippen molar-refractivity contribution in [3.63, 3.8) is 0 Å². The molecule has 0 aliphatic carbocycles. The fourth-order valence-electron chi connectivity index (χ4n) is 3.87. The number of carbonyl (C=O) groups is 3. The van der Waals surface area contributed by atoms with Crippen molar-refractivity contribution < 1.29 is 24.2 Å². The van der Waals surface area contributed by atoms with Gasteiger partial charge in [-0.2, -0.15) is 0 Å². The zero-order valence-corrected chi connectivity index (χ0v) is 16.7. The van der Waals surface area contributed by atoms with Crippen LogP contribution >= 0.6 is 0 Å². The average Bonchev–Trinajstić information content (AvgIpc) is 2.71. The number of rotatable bonds is 5. The summed E-state index contributed by atoms with van der Waals surface area (Å²) in [6.07, 6.45) is -0.858. The maximum Gasteiger partial charge on any atom is 0.340 e. The molecule has 1 heterocycles. The Morgan fingerprint density at radius 1 is 0.933 bits per heavy atom. The fraction of sp³-hybridized carbons (Fsp3) is 0.208. The van der Waals surface area contributed by atoms with Crippen molar-refractivity contribution in [2.24, 2.45) is 0 Å². The van der Waals surface area contributed by atoms with Gasteiger partial charge < -0.3 is 9.84 Å². The molecule has 6 heteroatoms. The van der Waals surface area contributed by atoms with Crippen LogP contribution < -0.4 is 4.90 Å². The molecule has 0 bridgehead atoms. The van der Waals surface area contributed by atoms with E-state index in [4.69, 9.17) is 4.74 Å². The monoisotopic (exact) mass is 403 g/mol. The molecule has 30 heavy (non-hydrogen) atoms. The third kappa shape index (κ3) is 3.35. The molecular formula is C24H21NO5. The summed E-state index contributed by atoms with van der Waals surface area (Å²) >= 11 is 0. The van der Waals surface area contributed by atoms with Gasteiger partial charge in [0.15, 0.2) is 0 Å². The van der Waals surface area contributed by atoms with Gasteiger partial charge in [-0.25, -0.2) is 9.69 Å². The SMILES string of the molecule is C[C@H](O)C[C@H](C)OC(=O)c1ccccc1N1C(=O)c2cccc3cccc(c23)C1=O. The molecule has 0 saturated heterocycles. The predicted octanol–water partition coefficient (Wildman–Crippen LogP) is 3.96. The first-order chi connectivity index (χ1) is 14.4. The molecule has 2 amide bonds. The van der Waals surface area contributed by atoms with Gasteiger partial charge in [-0.15, -0.1) is 0 Å². The summed E-state index contributed by atoms with van der Waals surface area (Å²) < 4.78 is 5.43. The highest BCUT2D eigenvalue weighted by Gasteiger charge is 2.36. The summed E-state index contributed by atoms with van der Waals surface area (Å²) in [4.78, 5) is 40.4. The van der Waals surface area contributed by atoms with Gasteiger partial charge in [0.1, 0.15) is 6.10 Å². The first-order valence-electron chi connectivity index (χ1n) is 9.77. The summed E-state index contributed by atoms with van der Waals surface area (Å²) in [5.74, 6) is -1.63. The predicted molar refractivity (Wildman–Crippen MR) is 113 cm³/mol. The summed E-state index contributed by atoms with van der Waals surface area (Å²) in [6.45, 7) is 3.29. The minimum Gasteiger partial charge on any atom is -0.459 e. The van der Waals surface area contributed by atoms with Gasteiger partial charge in [0.05, 0.1) is 17.4 Å². The third-order valence-corrected chi connectivity index (χ3v) is 5.12. The highest BCUT2D eigenvalue weighted by Crippen LogP contribution is 2.34. The van der Waals surface area contributed by atoms with Crippen LogP contribution in [0.4, 0.5) is 5.69 Å². The minimum atomic E-state index is -0.656. The number of nitrogens with zero attached hydrogens (tertiary/aromatic N) is 1. The van der Waals surface area contributed by atoms with Crippen LogP contribution in [0.15, 0.2) is 60.7 Å². The zero-order chi connectivity index (χ0) is 21.4. The number of hydrogen-bond acceptors (Lipinski definition) is 5. The average molecular weight is 403 g/mol. The Morgan fingerprint density at radius 3 is 2.13 bits per heavy atom. The zero-order valence-electron chi connectivity index (χ0n) is 16.7. The lowest BCUT2D eigenvalue weighted by molar-refractivity contribution is 0.0223. The van der Waals surface area contributed by atoms with E-state index in [2.05, 4.69) is 0 Å². The molecule has 3 aromatic carbocycles. The Hall–Kier alpha value is -3.51. The molecule has 0 saturated carbocycles. The van der Waals surface area contributed by atoms with Crippen molar-refractivity contribution in [3.8, 4) is 0 Å². The van der Waals surface area contributed by atoms with Gasteiger partial charge in [-0.05, 0) is 43.5 Å². The normalized spacial score (nSPS) is 15.2. The van der Waals surface area contributed by atoms with E-state index >= 15 is 0 Å². The van der Waals surface area contributed by atoms with Crippen molar-refractivity contribution >= 4 is 34.2 Å². The third-order valence-electron chi connectivity index (χ3n) is 5.12. The van der Waals surface area contributed by atoms with Crippen LogP contribution in [-0.2, 0) is 4.74 Å². The van der Waals surface area contributed by atoms with Crippen molar-refractivity contribution in [1.29, 1.82) is 0 Å². The summed E-state index contributed by atoms with van der Waals surface area (Å²) in [5, 5.41) is 10.9. The molecule has 0 unspecified atom stereocenters. The number of benzene rings is 3. The molecular weight excluding hydrogens is 382 g/mol. The molecule has 4 rings (SSSR count). The molecule has 152 valence electrons. The summed E-state index contributed by atoms with van der Waals surface area (Å²) in [6, 6.07) is 17.0. The number of carbonyl (C=O) groups excluding carboxylic acids is 3. The van der Waals surface area contributed by atoms with Gasteiger partial charge in [0, 0.05) is 22.9 Å². The van der Waals surface area contributed by atoms with Gasteiger partial charge in [-0.3, -0.25) is 9.59 Å². The van der Waals surface area contributed by atoms with Gasteiger partial charge in [-0.1, -0.05) is 36.4 Å². The molecule has 1 aliphatic rings. The Labute approximate surface area is 173 Å². The second kappa shape index (κ2) is 7.72. The second-order valence-electron chi connectivity index (χ2n) is 7.47.